The van der Waals surface area contributed by atoms with Crippen LogP contribution in [0.1, 0.15) is 21.5 Å². The van der Waals surface area contributed by atoms with Crippen molar-refractivity contribution in [3.05, 3.63) is 88.2 Å². The van der Waals surface area contributed by atoms with Gasteiger partial charge in [-0.05, 0) is 36.4 Å². The molecular weight excluding hydrogens is 462 g/mol. The van der Waals surface area contributed by atoms with Gasteiger partial charge in [-0.25, -0.2) is 22.2 Å². The van der Waals surface area contributed by atoms with Crippen LogP contribution in [0.25, 0.3) is 11.0 Å². The summed E-state index contributed by atoms with van der Waals surface area (Å²) < 4.78 is 56.9. The molecule has 2 N–H and O–H groups in total. The summed E-state index contributed by atoms with van der Waals surface area (Å²) in [6.45, 7) is 0. The van der Waals surface area contributed by atoms with E-state index in [1.807, 2.05) is 4.72 Å². The maximum absolute atomic E-state index is 15.2. The number of hydrogen-bond acceptors (Lipinski definition) is 5. The monoisotopic (exact) mass is 472 g/mol. The van der Waals surface area contributed by atoms with Crippen LogP contribution in [-0.2, 0) is 10.0 Å². The summed E-state index contributed by atoms with van der Waals surface area (Å²) in [5, 5.41) is 9.42. The van der Waals surface area contributed by atoms with Crippen LogP contribution in [0.3, 0.4) is 0 Å². The van der Waals surface area contributed by atoms with Gasteiger partial charge in [-0.1, -0.05) is 17.7 Å². The molecule has 2 aromatic heterocycles. The maximum Gasteiger partial charge on any atom is 0.262 e. The van der Waals surface area contributed by atoms with Crippen LogP contribution >= 0.6 is 11.6 Å². The standard InChI is InChI=1S/C21H11ClF2N4O3S/c22-12-7-14-15(10-27-21(14)26-9-12)20(29)18-16(23)4-5-17(19(18)24)28-32(30,31)13-3-1-2-11(6-13)8-25/h1-7,9-10,28H,(H,26,27). The molecular formula is C21H11ClF2N4O3S. The largest absolute Gasteiger partial charge is 0.345 e. The molecule has 0 aliphatic carbocycles. The molecule has 7 nitrogen and oxygen atoms in total. The van der Waals surface area contributed by atoms with Crippen molar-refractivity contribution in [2.24, 2.45) is 0 Å². The first kappa shape index (κ1) is 21.4. The number of nitriles is 1. The molecule has 0 fully saturated rings. The van der Waals surface area contributed by atoms with E-state index in [0.29, 0.717) is 0 Å². The molecule has 4 aromatic rings. The minimum Gasteiger partial charge on any atom is -0.345 e. The van der Waals surface area contributed by atoms with Gasteiger partial charge < -0.3 is 4.98 Å². The van der Waals surface area contributed by atoms with E-state index in [1.165, 1.54) is 36.7 Å². The van der Waals surface area contributed by atoms with Crippen molar-refractivity contribution >= 4 is 44.1 Å². The van der Waals surface area contributed by atoms with Crippen LogP contribution in [-0.4, -0.2) is 24.2 Å². The van der Waals surface area contributed by atoms with Gasteiger partial charge in [-0.15, -0.1) is 0 Å². The SMILES string of the molecule is N#Cc1cccc(S(=O)(=O)Nc2ccc(F)c(C(=O)c3c[nH]c4ncc(Cl)cc34)c2F)c1. The zero-order chi connectivity index (χ0) is 23.0. The molecule has 0 amide bonds. The number of fused-ring (bicyclic) bond motifs is 1. The van der Waals surface area contributed by atoms with E-state index in [9.17, 15) is 17.6 Å². The summed E-state index contributed by atoms with van der Waals surface area (Å²) in [6.07, 6.45) is 2.58. The Kier molecular flexibility index (Phi) is 5.38. The van der Waals surface area contributed by atoms with Crippen molar-refractivity contribution in [1.82, 2.24) is 9.97 Å². The summed E-state index contributed by atoms with van der Waals surface area (Å²) >= 11 is 5.91. The third-order valence-electron chi connectivity index (χ3n) is 4.58. The van der Waals surface area contributed by atoms with Crippen LogP contribution < -0.4 is 4.72 Å². The van der Waals surface area contributed by atoms with Crippen LogP contribution in [0, 0.1) is 23.0 Å². The van der Waals surface area contributed by atoms with E-state index >= 15 is 4.39 Å². The lowest BCUT2D eigenvalue weighted by Gasteiger charge is -2.12. The third kappa shape index (κ3) is 3.79. The number of aromatic amines is 1. The summed E-state index contributed by atoms with van der Waals surface area (Å²) in [6, 6.07) is 9.91. The second kappa shape index (κ2) is 8.03. The Morgan fingerprint density at radius 3 is 2.72 bits per heavy atom. The van der Waals surface area contributed by atoms with Crippen molar-refractivity contribution in [2.45, 2.75) is 4.90 Å². The topological polar surface area (TPSA) is 116 Å². The number of hydrogen-bond donors (Lipinski definition) is 2. The number of ketones is 1. The van der Waals surface area contributed by atoms with Gasteiger partial charge >= 0.3 is 0 Å². The van der Waals surface area contributed by atoms with Gasteiger partial charge in [0.2, 0.25) is 5.78 Å². The predicted molar refractivity (Wildman–Crippen MR) is 113 cm³/mol. The van der Waals surface area contributed by atoms with Crippen LogP contribution in [0.15, 0.2) is 59.8 Å². The molecule has 32 heavy (non-hydrogen) atoms. The average Bonchev–Trinajstić information content (AvgIpc) is 3.18. The summed E-state index contributed by atoms with van der Waals surface area (Å²) in [7, 11) is -4.33. The number of aromatic nitrogens is 2. The Balaban J connectivity index is 1.77. The minimum atomic E-state index is -4.33. The maximum atomic E-state index is 15.2. The van der Waals surface area contributed by atoms with Crippen LogP contribution in [0.2, 0.25) is 5.02 Å². The molecule has 0 radical (unpaired) electrons. The van der Waals surface area contributed by atoms with Gasteiger partial charge in [-0.3, -0.25) is 9.52 Å². The number of H-pyrrole nitrogens is 1. The van der Waals surface area contributed by atoms with Crippen LogP contribution in [0.4, 0.5) is 14.5 Å². The highest BCUT2D eigenvalue weighted by atomic mass is 35.5. The second-order valence-electron chi connectivity index (χ2n) is 6.61. The summed E-state index contributed by atoms with van der Waals surface area (Å²) in [5.41, 5.74) is -1.30. The van der Waals surface area contributed by atoms with E-state index in [-0.39, 0.29) is 32.1 Å². The zero-order valence-corrected chi connectivity index (χ0v) is 17.4. The first-order valence-corrected chi connectivity index (χ1v) is 10.8. The molecule has 2 aromatic carbocycles. The number of halogens is 3. The number of pyridine rings is 1. The second-order valence-corrected chi connectivity index (χ2v) is 8.73. The number of sulfonamides is 1. The number of benzene rings is 2. The molecule has 4 rings (SSSR count). The number of anilines is 1. The van der Waals surface area contributed by atoms with Gasteiger partial charge in [0, 0.05) is 23.3 Å². The van der Waals surface area contributed by atoms with Crippen LogP contribution in [0.5, 0.6) is 0 Å². The Bertz CT molecular complexity index is 1540. The smallest absolute Gasteiger partial charge is 0.262 e. The highest BCUT2D eigenvalue weighted by molar-refractivity contribution is 7.92. The van der Waals surface area contributed by atoms with Crippen molar-refractivity contribution in [3.63, 3.8) is 0 Å². The molecule has 0 aliphatic heterocycles. The zero-order valence-electron chi connectivity index (χ0n) is 15.9. The minimum absolute atomic E-state index is 0.0786. The van der Waals surface area contributed by atoms with Gasteiger partial charge in [-0.2, -0.15) is 5.26 Å². The summed E-state index contributed by atoms with van der Waals surface area (Å²) in [5.74, 6) is -3.59. The molecule has 0 saturated heterocycles. The first-order valence-electron chi connectivity index (χ1n) is 8.89. The molecule has 0 aliphatic rings. The Morgan fingerprint density at radius 1 is 1.19 bits per heavy atom. The molecule has 11 heteroatoms. The molecule has 160 valence electrons. The fraction of sp³-hybridized carbons (Fsp3) is 0. The molecule has 0 atom stereocenters. The fourth-order valence-corrected chi connectivity index (χ4v) is 4.34. The number of carbonyl (C=O) groups is 1. The highest BCUT2D eigenvalue weighted by Crippen LogP contribution is 2.29. The van der Waals surface area contributed by atoms with E-state index in [2.05, 4.69) is 9.97 Å². The lowest BCUT2D eigenvalue weighted by atomic mass is 10.0. The van der Waals surface area contributed by atoms with Gasteiger partial charge in [0.05, 0.1) is 32.8 Å². The molecule has 0 bridgehead atoms. The highest BCUT2D eigenvalue weighted by Gasteiger charge is 2.26. The van der Waals surface area contributed by atoms with Crippen molar-refractivity contribution in [2.75, 3.05) is 4.72 Å². The predicted octanol–water partition coefficient (Wildman–Crippen LogP) is 4.40. The Hall–Kier alpha value is -3.81. The van der Waals surface area contributed by atoms with E-state index < -0.39 is 38.7 Å². The van der Waals surface area contributed by atoms with Gasteiger partial charge in [0.1, 0.15) is 11.5 Å². The lowest BCUT2D eigenvalue weighted by Crippen LogP contribution is -2.16. The lowest BCUT2D eigenvalue weighted by molar-refractivity contribution is 0.103. The van der Waals surface area contributed by atoms with E-state index in [0.717, 1.165) is 18.2 Å². The van der Waals surface area contributed by atoms with E-state index in [4.69, 9.17) is 16.9 Å². The molecule has 0 spiro atoms. The van der Waals surface area contributed by atoms with E-state index in [1.54, 1.807) is 6.07 Å². The Morgan fingerprint density at radius 2 is 1.97 bits per heavy atom. The fourth-order valence-electron chi connectivity index (χ4n) is 3.08. The number of rotatable bonds is 5. The Labute approximate surface area is 185 Å². The molecule has 2 heterocycles. The van der Waals surface area contributed by atoms with Crippen molar-refractivity contribution in [3.8, 4) is 6.07 Å². The van der Waals surface area contributed by atoms with Gasteiger partial charge in [0.15, 0.2) is 5.82 Å². The molecule has 0 unspecified atom stereocenters. The van der Waals surface area contributed by atoms with Gasteiger partial charge in [0.25, 0.3) is 10.0 Å². The average molecular weight is 473 g/mol. The summed E-state index contributed by atoms with van der Waals surface area (Å²) in [4.78, 5) is 19.4. The first-order chi connectivity index (χ1) is 15.2. The number of nitrogens with one attached hydrogen (secondary N) is 2. The third-order valence-corrected chi connectivity index (χ3v) is 6.15. The number of carbonyl (C=O) groups excluding carboxylic acids is 1. The molecule has 0 saturated carbocycles. The van der Waals surface area contributed by atoms with Crippen molar-refractivity contribution < 1.29 is 22.0 Å². The quantitative estimate of drug-likeness (QED) is 0.418. The normalized spacial score (nSPS) is 11.3. The number of nitrogens with zero attached hydrogens (tertiary/aromatic N) is 2. The van der Waals surface area contributed by atoms with Crippen molar-refractivity contribution in [1.29, 1.82) is 5.26 Å².